The lowest BCUT2D eigenvalue weighted by Gasteiger charge is -2.29. The van der Waals surface area contributed by atoms with Gasteiger partial charge in [-0.25, -0.2) is 0 Å². The van der Waals surface area contributed by atoms with E-state index >= 15 is 0 Å². The molecular formula is C18H25N3. The minimum absolute atomic E-state index is 0.790. The van der Waals surface area contributed by atoms with Gasteiger partial charge in [-0.2, -0.15) is 0 Å². The molecule has 3 nitrogen and oxygen atoms in total. The molecule has 3 rings (SSSR count). The lowest BCUT2D eigenvalue weighted by molar-refractivity contribution is 0.206. The smallest absolute Gasteiger partial charge is 0.0708 e. The lowest BCUT2D eigenvalue weighted by atomic mass is 9.98. The van der Waals surface area contributed by atoms with Crippen molar-refractivity contribution in [3.63, 3.8) is 0 Å². The average molecular weight is 283 g/mol. The highest BCUT2D eigenvalue weighted by molar-refractivity contribution is 5.82. The third-order valence-electron chi connectivity index (χ3n) is 4.40. The summed E-state index contributed by atoms with van der Waals surface area (Å²) in [6.45, 7) is 6.60. The van der Waals surface area contributed by atoms with E-state index in [-0.39, 0.29) is 0 Å². The molecule has 0 spiro atoms. The third kappa shape index (κ3) is 3.60. The molecule has 112 valence electrons. The number of pyridine rings is 1. The van der Waals surface area contributed by atoms with E-state index in [4.69, 9.17) is 0 Å². The molecule has 1 atom stereocenters. The second-order valence-corrected chi connectivity index (χ2v) is 6.34. The average Bonchev–Trinajstić information content (AvgIpc) is 2.47. The van der Waals surface area contributed by atoms with Gasteiger partial charge in [-0.15, -0.1) is 0 Å². The van der Waals surface area contributed by atoms with Gasteiger partial charge in [0.25, 0.3) is 0 Å². The van der Waals surface area contributed by atoms with Crippen molar-refractivity contribution in [2.45, 2.75) is 26.3 Å². The molecule has 1 aliphatic heterocycles. The molecule has 1 fully saturated rings. The van der Waals surface area contributed by atoms with E-state index in [0.717, 1.165) is 30.2 Å². The molecule has 0 aliphatic carbocycles. The van der Waals surface area contributed by atoms with Gasteiger partial charge < -0.3 is 10.2 Å². The van der Waals surface area contributed by atoms with E-state index in [0.29, 0.717) is 0 Å². The first-order valence-electron chi connectivity index (χ1n) is 7.97. The van der Waals surface area contributed by atoms with E-state index in [1.165, 1.54) is 36.9 Å². The Morgan fingerprint density at radius 1 is 1.33 bits per heavy atom. The topological polar surface area (TPSA) is 28.2 Å². The van der Waals surface area contributed by atoms with Crippen LogP contribution in [-0.4, -0.2) is 36.6 Å². The van der Waals surface area contributed by atoms with Crippen molar-refractivity contribution < 1.29 is 0 Å². The third-order valence-corrected chi connectivity index (χ3v) is 4.40. The number of fused-ring (bicyclic) bond motifs is 1. The zero-order valence-corrected chi connectivity index (χ0v) is 13.1. The zero-order chi connectivity index (χ0) is 14.7. The maximum absolute atomic E-state index is 4.61. The van der Waals surface area contributed by atoms with Gasteiger partial charge in [0.1, 0.15) is 0 Å². The minimum Gasteiger partial charge on any atom is -0.312 e. The number of likely N-dealkylation sites (tertiary alicyclic amines) is 1. The summed E-state index contributed by atoms with van der Waals surface area (Å²) in [5.74, 6) is 0.790. The molecule has 1 unspecified atom stereocenters. The number of aryl methyl sites for hydroxylation is 1. The van der Waals surface area contributed by atoms with Crippen LogP contribution < -0.4 is 5.32 Å². The number of para-hydroxylation sites is 1. The quantitative estimate of drug-likeness (QED) is 0.935. The molecule has 1 aromatic carbocycles. The first-order valence-corrected chi connectivity index (χ1v) is 7.97. The van der Waals surface area contributed by atoms with Gasteiger partial charge in [0.05, 0.1) is 5.52 Å². The van der Waals surface area contributed by atoms with Gasteiger partial charge in [0.2, 0.25) is 0 Å². The Morgan fingerprint density at radius 3 is 3.05 bits per heavy atom. The fourth-order valence-electron chi connectivity index (χ4n) is 3.39. The number of hydrogen-bond donors (Lipinski definition) is 1. The summed E-state index contributed by atoms with van der Waals surface area (Å²) in [5.41, 5.74) is 3.57. The van der Waals surface area contributed by atoms with Crippen molar-refractivity contribution in [2.24, 2.45) is 5.92 Å². The van der Waals surface area contributed by atoms with Crippen molar-refractivity contribution >= 4 is 10.9 Å². The highest BCUT2D eigenvalue weighted by Gasteiger charge is 2.16. The van der Waals surface area contributed by atoms with Gasteiger partial charge in [0.15, 0.2) is 0 Å². The number of rotatable bonds is 4. The maximum Gasteiger partial charge on any atom is 0.0708 e. The first kappa shape index (κ1) is 14.5. The predicted octanol–water partition coefficient (Wildman–Crippen LogP) is 2.97. The molecule has 1 saturated heterocycles. The Bertz CT molecular complexity index is 608. The Balaban J connectivity index is 1.65. The van der Waals surface area contributed by atoms with E-state index in [9.17, 15) is 0 Å². The lowest BCUT2D eigenvalue weighted by Crippen LogP contribution is -2.37. The molecule has 3 heteroatoms. The van der Waals surface area contributed by atoms with Crippen molar-refractivity contribution in [2.75, 3.05) is 26.7 Å². The number of hydrogen-bond acceptors (Lipinski definition) is 3. The number of aromatic nitrogens is 1. The van der Waals surface area contributed by atoms with Crippen LogP contribution in [0.15, 0.2) is 30.3 Å². The van der Waals surface area contributed by atoms with E-state index < -0.39 is 0 Å². The van der Waals surface area contributed by atoms with Gasteiger partial charge in [-0.1, -0.05) is 18.2 Å². The van der Waals surface area contributed by atoms with Crippen LogP contribution in [0.1, 0.15) is 24.1 Å². The SMILES string of the molecule is Cc1cc(CNCC2CCCN(C)C2)c2ccccc2n1. The van der Waals surface area contributed by atoms with Crippen LogP contribution in [0.5, 0.6) is 0 Å². The highest BCUT2D eigenvalue weighted by atomic mass is 15.1. The summed E-state index contributed by atoms with van der Waals surface area (Å²) in [7, 11) is 2.23. The van der Waals surface area contributed by atoms with E-state index in [1.807, 2.05) is 0 Å². The summed E-state index contributed by atoms with van der Waals surface area (Å²) in [6, 6.07) is 10.6. The Labute approximate surface area is 127 Å². The highest BCUT2D eigenvalue weighted by Crippen LogP contribution is 2.19. The largest absolute Gasteiger partial charge is 0.312 e. The van der Waals surface area contributed by atoms with Crippen LogP contribution in [0, 0.1) is 12.8 Å². The first-order chi connectivity index (χ1) is 10.2. The predicted molar refractivity (Wildman–Crippen MR) is 88.4 cm³/mol. The Kier molecular flexibility index (Phi) is 4.51. The molecule has 21 heavy (non-hydrogen) atoms. The number of benzene rings is 1. The summed E-state index contributed by atoms with van der Waals surface area (Å²) in [6.07, 6.45) is 2.69. The van der Waals surface area contributed by atoms with E-state index in [1.54, 1.807) is 0 Å². The van der Waals surface area contributed by atoms with Crippen molar-refractivity contribution in [3.8, 4) is 0 Å². The zero-order valence-electron chi connectivity index (χ0n) is 13.1. The summed E-state index contributed by atoms with van der Waals surface area (Å²) < 4.78 is 0. The maximum atomic E-state index is 4.61. The molecule has 1 aromatic heterocycles. The van der Waals surface area contributed by atoms with Gasteiger partial charge >= 0.3 is 0 Å². The van der Waals surface area contributed by atoms with Crippen LogP contribution in [0.25, 0.3) is 10.9 Å². The molecular weight excluding hydrogens is 258 g/mol. The van der Waals surface area contributed by atoms with Crippen LogP contribution in [0.4, 0.5) is 0 Å². The van der Waals surface area contributed by atoms with Gasteiger partial charge in [-0.05, 0) is 63.5 Å². The van der Waals surface area contributed by atoms with Gasteiger partial charge in [0, 0.05) is 24.2 Å². The molecule has 0 amide bonds. The van der Waals surface area contributed by atoms with Crippen molar-refractivity contribution in [1.29, 1.82) is 0 Å². The summed E-state index contributed by atoms with van der Waals surface area (Å²) in [4.78, 5) is 7.06. The minimum atomic E-state index is 0.790. The number of nitrogens with zero attached hydrogens (tertiary/aromatic N) is 2. The monoisotopic (exact) mass is 283 g/mol. The van der Waals surface area contributed by atoms with Crippen LogP contribution in [0.3, 0.4) is 0 Å². The molecule has 0 radical (unpaired) electrons. The van der Waals surface area contributed by atoms with E-state index in [2.05, 4.69) is 59.5 Å². The normalized spacial score (nSPS) is 20.0. The van der Waals surface area contributed by atoms with Crippen LogP contribution in [0.2, 0.25) is 0 Å². The fraction of sp³-hybridized carbons (Fsp3) is 0.500. The number of piperidine rings is 1. The second kappa shape index (κ2) is 6.54. The van der Waals surface area contributed by atoms with Crippen molar-refractivity contribution in [1.82, 2.24) is 15.2 Å². The molecule has 0 bridgehead atoms. The molecule has 1 aliphatic rings. The van der Waals surface area contributed by atoms with Crippen LogP contribution >= 0.6 is 0 Å². The summed E-state index contributed by atoms with van der Waals surface area (Å²) in [5, 5.41) is 4.93. The van der Waals surface area contributed by atoms with Crippen LogP contribution in [-0.2, 0) is 6.54 Å². The number of nitrogens with one attached hydrogen (secondary N) is 1. The Hall–Kier alpha value is -1.45. The fourth-order valence-corrected chi connectivity index (χ4v) is 3.39. The molecule has 2 heterocycles. The van der Waals surface area contributed by atoms with Crippen molar-refractivity contribution in [3.05, 3.63) is 41.6 Å². The summed E-state index contributed by atoms with van der Waals surface area (Å²) >= 11 is 0. The standard InChI is InChI=1S/C18H25N3/c1-14-10-16(17-7-3-4-8-18(17)20-14)12-19-11-15-6-5-9-21(2)13-15/h3-4,7-8,10,15,19H,5-6,9,11-13H2,1-2H3. The second-order valence-electron chi connectivity index (χ2n) is 6.34. The Morgan fingerprint density at radius 2 is 2.19 bits per heavy atom. The molecule has 0 saturated carbocycles. The molecule has 2 aromatic rings. The molecule has 1 N–H and O–H groups in total. The van der Waals surface area contributed by atoms with Gasteiger partial charge in [-0.3, -0.25) is 4.98 Å².